The predicted molar refractivity (Wildman–Crippen MR) is 84.8 cm³/mol. The van der Waals surface area contributed by atoms with Gasteiger partial charge in [0, 0.05) is 12.5 Å². The van der Waals surface area contributed by atoms with E-state index in [1.54, 1.807) is 0 Å². The summed E-state index contributed by atoms with van der Waals surface area (Å²) in [6, 6.07) is 0.291. The first-order valence-corrected chi connectivity index (χ1v) is 8.31. The number of carbonyl (C=O) groups is 1. The number of rotatable bonds is 10. The van der Waals surface area contributed by atoms with Gasteiger partial charge in [0.15, 0.2) is 0 Å². The van der Waals surface area contributed by atoms with E-state index in [2.05, 4.69) is 43.6 Å². The topological polar surface area (TPSA) is 32.3 Å². The van der Waals surface area contributed by atoms with Crippen LogP contribution in [0.3, 0.4) is 0 Å². The molecule has 0 bridgehead atoms. The van der Waals surface area contributed by atoms with Gasteiger partial charge in [0.05, 0.1) is 0 Å². The Morgan fingerprint density at radius 3 is 2.47 bits per heavy atom. The highest BCUT2D eigenvalue weighted by Crippen LogP contribution is 2.49. The lowest BCUT2D eigenvalue weighted by Crippen LogP contribution is -2.35. The molecule has 0 saturated heterocycles. The fraction of sp³-hybridized carbons (Fsp3) is 0.933. The molecule has 0 aromatic rings. The molecule has 19 heavy (non-hydrogen) atoms. The molecule has 0 radical (unpaired) electrons. The fourth-order valence-corrected chi connectivity index (χ4v) is 2.90. The van der Waals surface area contributed by atoms with Gasteiger partial charge in [0.2, 0.25) is 5.91 Å². The summed E-state index contributed by atoms with van der Waals surface area (Å²) in [5.74, 6) is 1.05. The second kappa shape index (κ2) is 8.15. The van der Waals surface area contributed by atoms with E-state index in [1.165, 1.54) is 12.8 Å². The summed E-state index contributed by atoms with van der Waals surface area (Å²) < 4.78 is 0. The average molecular weight is 286 g/mol. The largest absolute Gasteiger partial charge is 0.354 e. The van der Waals surface area contributed by atoms with E-state index in [9.17, 15) is 4.79 Å². The van der Waals surface area contributed by atoms with Crippen molar-refractivity contribution in [3.05, 3.63) is 0 Å². The first kappa shape index (κ1) is 16.8. The highest BCUT2D eigenvalue weighted by Gasteiger charge is 2.42. The third-order valence-electron chi connectivity index (χ3n) is 4.24. The molecule has 0 aliphatic heterocycles. The maximum Gasteiger partial charge on any atom is 0.220 e. The summed E-state index contributed by atoms with van der Waals surface area (Å²) in [6.45, 7) is 9.86. The molecule has 1 rings (SSSR count). The zero-order valence-corrected chi connectivity index (χ0v) is 13.6. The van der Waals surface area contributed by atoms with E-state index < -0.39 is 0 Å². The zero-order chi connectivity index (χ0) is 14.3. The van der Waals surface area contributed by atoms with Gasteiger partial charge in [-0.3, -0.25) is 4.79 Å². The standard InChI is InChI=1S/C15H30N2OS/c1-4-17(5-2)10-6-7-13(3)16-14(18)11-15(12-19)8-9-15/h13,19H,4-12H2,1-3H3,(H,16,18). The third-order valence-corrected chi connectivity index (χ3v) is 4.91. The van der Waals surface area contributed by atoms with Gasteiger partial charge >= 0.3 is 0 Å². The van der Waals surface area contributed by atoms with Gasteiger partial charge in [-0.25, -0.2) is 0 Å². The Morgan fingerprint density at radius 2 is 2.00 bits per heavy atom. The van der Waals surface area contributed by atoms with Crippen LogP contribution in [0.25, 0.3) is 0 Å². The van der Waals surface area contributed by atoms with Gasteiger partial charge in [-0.1, -0.05) is 13.8 Å². The minimum atomic E-state index is 0.210. The van der Waals surface area contributed by atoms with Crippen molar-refractivity contribution in [2.75, 3.05) is 25.4 Å². The van der Waals surface area contributed by atoms with E-state index in [0.29, 0.717) is 12.5 Å². The second-order valence-electron chi connectivity index (χ2n) is 5.97. The summed E-state index contributed by atoms with van der Waals surface area (Å²) in [6.07, 6.45) is 5.22. The summed E-state index contributed by atoms with van der Waals surface area (Å²) in [4.78, 5) is 14.3. The van der Waals surface area contributed by atoms with Gasteiger partial charge in [0.25, 0.3) is 0 Å². The molecule has 1 unspecified atom stereocenters. The third kappa shape index (κ3) is 6.17. The number of hydrogen-bond acceptors (Lipinski definition) is 3. The highest BCUT2D eigenvalue weighted by atomic mass is 32.1. The number of amides is 1. The Bertz CT molecular complexity index is 275. The lowest BCUT2D eigenvalue weighted by atomic mass is 10.0. The Labute approximate surface area is 123 Å². The minimum absolute atomic E-state index is 0.210. The predicted octanol–water partition coefficient (Wildman–Crippen LogP) is 2.71. The summed E-state index contributed by atoms with van der Waals surface area (Å²) in [5.41, 5.74) is 0.230. The molecule has 112 valence electrons. The van der Waals surface area contributed by atoms with Crippen LogP contribution < -0.4 is 5.32 Å². The summed E-state index contributed by atoms with van der Waals surface area (Å²) in [7, 11) is 0. The molecule has 1 N–H and O–H groups in total. The van der Waals surface area contributed by atoms with Crippen molar-refractivity contribution in [2.45, 2.75) is 58.9 Å². The Balaban J connectivity index is 2.13. The van der Waals surface area contributed by atoms with Crippen molar-refractivity contribution in [1.29, 1.82) is 0 Å². The fourth-order valence-electron chi connectivity index (χ4n) is 2.47. The van der Waals surface area contributed by atoms with Crippen molar-refractivity contribution in [3.63, 3.8) is 0 Å². The normalized spacial score (nSPS) is 18.4. The van der Waals surface area contributed by atoms with Crippen LogP contribution in [0.15, 0.2) is 0 Å². The van der Waals surface area contributed by atoms with Crippen molar-refractivity contribution < 1.29 is 4.79 Å². The molecule has 1 fully saturated rings. The Kier molecular flexibility index (Phi) is 7.22. The van der Waals surface area contributed by atoms with Crippen molar-refractivity contribution >= 4 is 18.5 Å². The monoisotopic (exact) mass is 286 g/mol. The van der Waals surface area contributed by atoms with Crippen LogP contribution in [0.4, 0.5) is 0 Å². The van der Waals surface area contributed by atoms with Gasteiger partial charge < -0.3 is 10.2 Å². The molecule has 1 amide bonds. The molecule has 0 aromatic carbocycles. The Morgan fingerprint density at radius 1 is 1.37 bits per heavy atom. The SMILES string of the molecule is CCN(CC)CCCC(C)NC(=O)CC1(CS)CC1. The number of carbonyl (C=O) groups excluding carboxylic acids is 1. The molecule has 1 aliphatic rings. The molecule has 0 aromatic heterocycles. The molecule has 1 saturated carbocycles. The van der Waals surface area contributed by atoms with E-state index >= 15 is 0 Å². The summed E-state index contributed by atoms with van der Waals surface area (Å²) in [5, 5.41) is 3.13. The van der Waals surface area contributed by atoms with Crippen LogP contribution in [-0.4, -0.2) is 42.2 Å². The van der Waals surface area contributed by atoms with E-state index in [0.717, 1.165) is 38.2 Å². The second-order valence-corrected chi connectivity index (χ2v) is 6.29. The number of thiol groups is 1. The number of nitrogens with one attached hydrogen (secondary N) is 1. The maximum atomic E-state index is 11.9. The lowest BCUT2D eigenvalue weighted by molar-refractivity contribution is -0.122. The average Bonchev–Trinajstić information content (AvgIpc) is 3.14. The zero-order valence-electron chi connectivity index (χ0n) is 12.7. The molecule has 0 heterocycles. The van der Waals surface area contributed by atoms with E-state index in [1.807, 2.05) is 0 Å². The smallest absolute Gasteiger partial charge is 0.220 e. The Hall–Kier alpha value is -0.220. The van der Waals surface area contributed by atoms with Crippen LogP contribution >= 0.6 is 12.6 Å². The number of hydrogen-bond donors (Lipinski definition) is 2. The minimum Gasteiger partial charge on any atom is -0.354 e. The van der Waals surface area contributed by atoms with Crippen LogP contribution in [0, 0.1) is 5.41 Å². The molecule has 4 heteroatoms. The first-order chi connectivity index (χ1) is 9.05. The van der Waals surface area contributed by atoms with Gasteiger partial charge in [0.1, 0.15) is 0 Å². The van der Waals surface area contributed by atoms with Crippen LogP contribution in [0.1, 0.15) is 52.9 Å². The van der Waals surface area contributed by atoms with E-state index in [4.69, 9.17) is 0 Å². The van der Waals surface area contributed by atoms with Crippen LogP contribution in [0.2, 0.25) is 0 Å². The highest BCUT2D eigenvalue weighted by molar-refractivity contribution is 7.80. The molecule has 0 spiro atoms. The summed E-state index contributed by atoms with van der Waals surface area (Å²) >= 11 is 4.34. The van der Waals surface area contributed by atoms with Crippen molar-refractivity contribution in [2.24, 2.45) is 5.41 Å². The van der Waals surface area contributed by atoms with Gasteiger partial charge in [-0.05, 0) is 63.4 Å². The quantitative estimate of drug-likeness (QED) is 0.605. The van der Waals surface area contributed by atoms with Gasteiger partial charge in [-0.2, -0.15) is 12.6 Å². The van der Waals surface area contributed by atoms with Gasteiger partial charge in [-0.15, -0.1) is 0 Å². The molecular weight excluding hydrogens is 256 g/mol. The van der Waals surface area contributed by atoms with Crippen molar-refractivity contribution in [1.82, 2.24) is 10.2 Å². The van der Waals surface area contributed by atoms with Crippen molar-refractivity contribution in [3.8, 4) is 0 Å². The van der Waals surface area contributed by atoms with Crippen LogP contribution in [-0.2, 0) is 4.79 Å². The van der Waals surface area contributed by atoms with Crippen LogP contribution in [0.5, 0.6) is 0 Å². The first-order valence-electron chi connectivity index (χ1n) is 7.68. The lowest BCUT2D eigenvalue weighted by Gasteiger charge is -2.20. The molecular formula is C15H30N2OS. The van der Waals surface area contributed by atoms with E-state index in [-0.39, 0.29) is 11.3 Å². The maximum absolute atomic E-state index is 11.9. The molecule has 1 atom stereocenters. The number of nitrogens with zero attached hydrogens (tertiary/aromatic N) is 1. The molecule has 1 aliphatic carbocycles. The molecule has 3 nitrogen and oxygen atoms in total.